The molecule has 0 radical (unpaired) electrons. The highest BCUT2D eigenvalue weighted by molar-refractivity contribution is 5.80. The summed E-state index contributed by atoms with van der Waals surface area (Å²) < 4.78 is 38.5. The number of benzene rings is 1. The fraction of sp³-hybridized carbons (Fsp3) is 0.500. The summed E-state index contributed by atoms with van der Waals surface area (Å²) in [7, 11) is 0. The van der Waals surface area contributed by atoms with E-state index in [1.807, 2.05) is 24.3 Å². The molecule has 0 aromatic heterocycles. The fourth-order valence-corrected chi connectivity index (χ4v) is 2.53. The molecule has 0 spiro atoms. The van der Waals surface area contributed by atoms with Crippen LogP contribution in [0.2, 0.25) is 0 Å². The molecule has 3 nitrogen and oxygen atoms in total. The molecule has 2 rings (SSSR count). The zero-order valence-electron chi connectivity index (χ0n) is 11.1. The summed E-state index contributed by atoms with van der Waals surface area (Å²) in [5, 5.41) is 7.14. The lowest BCUT2D eigenvalue weighted by molar-refractivity contribution is -0.159. The Kier molecular flexibility index (Phi) is 4.32. The molecule has 1 aliphatic heterocycles. The number of nitrogens with one attached hydrogen (secondary N) is 1. The summed E-state index contributed by atoms with van der Waals surface area (Å²) in [6.45, 7) is 0.903. The van der Waals surface area contributed by atoms with Crippen LogP contribution in [-0.2, 0) is 12.8 Å². The van der Waals surface area contributed by atoms with Gasteiger partial charge in [-0.25, -0.2) is 0 Å². The van der Waals surface area contributed by atoms with E-state index in [0.29, 0.717) is 13.1 Å². The van der Waals surface area contributed by atoms with Crippen molar-refractivity contribution in [3.8, 4) is 0 Å². The molecule has 1 aliphatic rings. The average molecular weight is 285 g/mol. The summed E-state index contributed by atoms with van der Waals surface area (Å²) >= 11 is 0. The molecule has 0 fully saturated rings. The first kappa shape index (κ1) is 14.8. The molecule has 0 saturated heterocycles. The highest BCUT2D eigenvalue weighted by Crippen LogP contribution is 2.27. The fourth-order valence-electron chi connectivity index (χ4n) is 2.53. The van der Waals surface area contributed by atoms with E-state index in [2.05, 4.69) is 0 Å². The summed E-state index contributed by atoms with van der Waals surface area (Å²) in [4.78, 5) is 1.75. The Balaban J connectivity index is 2.04. The second-order valence-corrected chi connectivity index (χ2v) is 5.12. The normalized spacial score (nSPS) is 18.1. The van der Waals surface area contributed by atoms with Crippen LogP contribution in [0.4, 0.5) is 13.2 Å². The quantitative estimate of drug-likeness (QED) is 0.661. The lowest BCUT2D eigenvalue weighted by Crippen LogP contribution is -2.44. The van der Waals surface area contributed by atoms with Gasteiger partial charge in [-0.05, 0) is 24.0 Å². The van der Waals surface area contributed by atoms with Crippen LogP contribution >= 0.6 is 0 Å². The van der Waals surface area contributed by atoms with E-state index in [-0.39, 0.29) is 6.54 Å². The van der Waals surface area contributed by atoms with Crippen molar-refractivity contribution in [3.05, 3.63) is 35.4 Å². The average Bonchev–Trinajstić information content (AvgIpc) is 2.56. The van der Waals surface area contributed by atoms with Crippen LogP contribution in [-0.4, -0.2) is 36.5 Å². The first-order valence-corrected chi connectivity index (χ1v) is 6.57. The van der Waals surface area contributed by atoms with Crippen LogP contribution in [0, 0.1) is 11.3 Å². The van der Waals surface area contributed by atoms with Gasteiger partial charge in [0.2, 0.25) is 0 Å². The van der Waals surface area contributed by atoms with Gasteiger partial charge < -0.3 is 10.6 Å². The van der Waals surface area contributed by atoms with Crippen molar-refractivity contribution in [3.63, 3.8) is 0 Å². The van der Waals surface area contributed by atoms with Crippen molar-refractivity contribution < 1.29 is 13.2 Å². The van der Waals surface area contributed by atoms with Gasteiger partial charge in [-0.3, -0.25) is 5.41 Å². The first-order chi connectivity index (χ1) is 9.38. The number of halogens is 3. The van der Waals surface area contributed by atoms with Crippen LogP contribution in [0.1, 0.15) is 11.1 Å². The van der Waals surface area contributed by atoms with Gasteiger partial charge in [-0.15, -0.1) is 0 Å². The second-order valence-electron chi connectivity index (χ2n) is 5.12. The number of hydrogen-bond acceptors (Lipinski definition) is 2. The number of nitrogens with zero attached hydrogens (tertiary/aromatic N) is 1. The topological polar surface area (TPSA) is 53.1 Å². The molecule has 110 valence electrons. The van der Waals surface area contributed by atoms with Crippen LogP contribution < -0.4 is 5.73 Å². The minimum atomic E-state index is -4.45. The van der Waals surface area contributed by atoms with Gasteiger partial charge in [0.25, 0.3) is 0 Å². The number of rotatable bonds is 3. The standard InChI is InChI=1S/C14H18F3N3/c15-14(16,17)12(13(18)19)9-20-7-5-10-3-1-2-4-11(10)6-8-20/h1-4,12H,5-9H2,(H3,18,19). The van der Waals surface area contributed by atoms with E-state index in [1.165, 1.54) is 11.1 Å². The molecule has 0 aliphatic carbocycles. The van der Waals surface area contributed by atoms with E-state index in [0.717, 1.165) is 12.8 Å². The van der Waals surface area contributed by atoms with Crippen molar-refractivity contribution >= 4 is 5.84 Å². The van der Waals surface area contributed by atoms with Gasteiger partial charge >= 0.3 is 6.18 Å². The highest BCUT2D eigenvalue weighted by atomic mass is 19.4. The van der Waals surface area contributed by atoms with Gasteiger partial charge in [0, 0.05) is 19.6 Å². The molecule has 1 heterocycles. The lowest BCUT2D eigenvalue weighted by atomic mass is 10.0. The summed E-state index contributed by atoms with van der Waals surface area (Å²) in [6, 6.07) is 7.93. The van der Waals surface area contributed by atoms with E-state index >= 15 is 0 Å². The zero-order valence-corrected chi connectivity index (χ0v) is 11.1. The van der Waals surface area contributed by atoms with Crippen LogP contribution in [0.5, 0.6) is 0 Å². The smallest absolute Gasteiger partial charge is 0.387 e. The van der Waals surface area contributed by atoms with E-state index in [9.17, 15) is 13.2 Å². The lowest BCUT2D eigenvalue weighted by Gasteiger charge is -2.26. The molecule has 3 N–H and O–H groups in total. The van der Waals surface area contributed by atoms with Crippen molar-refractivity contribution in [2.75, 3.05) is 19.6 Å². The van der Waals surface area contributed by atoms with Crippen molar-refractivity contribution in [2.45, 2.75) is 19.0 Å². The third-order valence-corrected chi connectivity index (χ3v) is 3.72. The molecular formula is C14H18F3N3. The third-order valence-electron chi connectivity index (χ3n) is 3.72. The monoisotopic (exact) mass is 285 g/mol. The molecule has 1 aromatic rings. The van der Waals surface area contributed by atoms with Crippen molar-refractivity contribution in [2.24, 2.45) is 11.7 Å². The Morgan fingerprint density at radius 2 is 1.70 bits per heavy atom. The zero-order chi connectivity index (χ0) is 14.8. The van der Waals surface area contributed by atoms with Crippen molar-refractivity contribution in [1.82, 2.24) is 4.90 Å². The molecule has 1 unspecified atom stereocenters. The Morgan fingerprint density at radius 1 is 1.20 bits per heavy atom. The number of amidine groups is 1. The van der Waals surface area contributed by atoms with E-state index in [1.54, 1.807) is 4.90 Å². The maximum absolute atomic E-state index is 12.8. The molecule has 1 atom stereocenters. The molecule has 0 saturated carbocycles. The van der Waals surface area contributed by atoms with Gasteiger partial charge in [-0.2, -0.15) is 13.2 Å². The Hall–Kier alpha value is -1.56. The molecule has 6 heteroatoms. The van der Waals surface area contributed by atoms with E-state index in [4.69, 9.17) is 11.1 Å². The van der Waals surface area contributed by atoms with Crippen LogP contribution in [0.3, 0.4) is 0 Å². The molecular weight excluding hydrogens is 267 g/mol. The maximum Gasteiger partial charge on any atom is 0.399 e. The van der Waals surface area contributed by atoms with Gasteiger partial charge in [0.1, 0.15) is 11.8 Å². The molecule has 20 heavy (non-hydrogen) atoms. The minimum Gasteiger partial charge on any atom is -0.387 e. The molecule has 0 bridgehead atoms. The van der Waals surface area contributed by atoms with Gasteiger partial charge in [0.05, 0.1) is 0 Å². The number of alkyl halides is 3. The van der Waals surface area contributed by atoms with Crippen LogP contribution in [0.15, 0.2) is 24.3 Å². The maximum atomic E-state index is 12.8. The van der Waals surface area contributed by atoms with Crippen LogP contribution in [0.25, 0.3) is 0 Å². The molecule has 1 aromatic carbocycles. The predicted octanol–water partition coefficient (Wildman–Crippen LogP) is 2.20. The number of nitrogens with two attached hydrogens (primary N) is 1. The Labute approximate surface area is 116 Å². The molecule has 0 amide bonds. The SMILES string of the molecule is N=C(N)C(CN1CCc2ccccc2CC1)C(F)(F)F. The predicted molar refractivity (Wildman–Crippen MR) is 71.7 cm³/mol. The highest BCUT2D eigenvalue weighted by Gasteiger charge is 2.42. The Morgan fingerprint density at radius 3 is 2.10 bits per heavy atom. The summed E-state index contributed by atoms with van der Waals surface area (Å²) in [6.07, 6.45) is -2.98. The van der Waals surface area contributed by atoms with Crippen molar-refractivity contribution in [1.29, 1.82) is 5.41 Å². The largest absolute Gasteiger partial charge is 0.399 e. The van der Waals surface area contributed by atoms with Gasteiger partial charge in [-0.1, -0.05) is 24.3 Å². The number of fused-ring (bicyclic) bond motifs is 1. The van der Waals surface area contributed by atoms with Gasteiger partial charge in [0.15, 0.2) is 0 Å². The van der Waals surface area contributed by atoms with E-state index < -0.39 is 17.9 Å². The second kappa shape index (κ2) is 5.83. The minimum absolute atomic E-state index is 0.229. The Bertz CT molecular complexity index is 458. The summed E-state index contributed by atoms with van der Waals surface area (Å²) in [5.74, 6) is -2.68. The number of hydrogen-bond donors (Lipinski definition) is 2. The first-order valence-electron chi connectivity index (χ1n) is 6.57. The summed E-state index contributed by atoms with van der Waals surface area (Å²) in [5.41, 5.74) is 7.49. The third kappa shape index (κ3) is 3.50.